The summed E-state index contributed by atoms with van der Waals surface area (Å²) in [6.45, 7) is 6.41. The molecule has 27 heavy (non-hydrogen) atoms. The van der Waals surface area contributed by atoms with Crippen molar-refractivity contribution in [2.75, 3.05) is 44.2 Å². The minimum absolute atomic E-state index is 0.197. The van der Waals surface area contributed by atoms with Crippen LogP contribution in [0.25, 0.3) is 0 Å². The SMILES string of the molecule is O=CN(CC1(N2CCN(CCc3ccccc3)CC2)CC1)c1ccccc1. The fourth-order valence-corrected chi connectivity index (χ4v) is 4.22. The van der Waals surface area contributed by atoms with Crippen LogP contribution in [0.1, 0.15) is 18.4 Å². The summed E-state index contributed by atoms with van der Waals surface area (Å²) < 4.78 is 0. The van der Waals surface area contributed by atoms with E-state index in [-0.39, 0.29) is 5.54 Å². The third-order valence-corrected chi connectivity index (χ3v) is 6.11. The van der Waals surface area contributed by atoms with Crippen LogP contribution in [0, 0.1) is 0 Å². The molecule has 1 saturated heterocycles. The van der Waals surface area contributed by atoms with Crippen LogP contribution in [0.3, 0.4) is 0 Å². The van der Waals surface area contributed by atoms with E-state index in [0.717, 1.165) is 57.8 Å². The summed E-state index contributed by atoms with van der Waals surface area (Å²) >= 11 is 0. The van der Waals surface area contributed by atoms with Crippen molar-refractivity contribution in [1.29, 1.82) is 0 Å². The van der Waals surface area contributed by atoms with Crippen molar-refractivity contribution in [1.82, 2.24) is 9.80 Å². The van der Waals surface area contributed by atoms with Crippen LogP contribution in [-0.4, -0.2) is 61.0 Å². The molecule has 4 heteroatoms. The van der Waals surface area contributed by atoms with E-state index in [4.69, 9.17) is 0 Å². The maximum absolute atomic E-state index is 11.7. The third kappa shape index (κ3) is 4.40. The number of carbonyl (C=O) groups excluding carboxylic acids is 1. The molecule has 2 aromatic rings. The van der Waals surface area contributed by atoms with Crippen molar-refractivity contribution in [3.63, 3.8) is 0 Å². The Bertz CT molecular complexity index is 722. The lowest BCUT2D eigenvalue weighted by molar-refractivity contribution is -0.107. The van der Waals surface area contributed by atoms with Gasteiger partial charge in [0, 0.05) is 50.5 Å². The van der Waals surface area contributed by atoms with Gasteiger partial charge in [0.05, 0.1) is 0 Å². The standard InChI is InChI=1S/C23H29N3O/c27-20-25(22-9-5-2-6-10-22)19-23(12-13-23)26-17-15-24(16-18-26)14-11-21-7-3-1-4-8-21/h1-10,20H,11-19H2. The molecule has 4 rings (SSSR count). The molecule has 0 radical (unpaired) electrons. The highest BCUT2D eigenvalue weighted by Gasteiger charge is 2.49. The molecule has 2 fully saturated rings. The van der Waals surface area contributed by atoms with Crippen molar-refractivity contribution in [3.8, 4) is 0 Å². The first kappa shape index (κ1) is 18.2. The fourth-order valence-electron chi connectivity index (χ4n) is 4.22. The molecule has 1 aliphatic carbocycles. The number of rotatable bonds is 8. The predicted molar refractivity (Wildman–Crippen MR) is 110 cm³/mol. The van der Waals surface area contributed by atoms with Crippen LogP contribution in [0.2, 0.25) is 0 Å². The first-order valence-corrected chi connectivity index (χ1v) is 10.1. The van der Waals surface area contributed by atoms with Gasteiger partial charge >= 0.3 is 0 Å². The summed E-state index contributed by atoms with van der Waals surface area (Å²) in [6.07, 6.45) is 4.52. The van der Waals surface area contributed by atoms with E-state index in [2.05, 4.69) is 40.1 Å². The molecule has 0 bridgehead atoms. The van der Waals surface area contributed by atoms with Crippen molar-refractivity contribution >= 4 is 12.1 Å². The van der Waals surface area contributed by atoms with Crippen molar-refractivity contribution in [2.45, 2.75) is 24.8 Å². The molecule has 0 N–H and O–H groups in total. The van der Waals surface area contributed by atoms with Gasteiger partial charge in [-0.15, -0.1) is 0 Å². The smallest absolute Gasteiger partial charge is 0.214 e. The first-order valence-electron chi connectivity index (χ1n) is 10.1. The second kappa shape index (κ2) is 8.24. The lowest BCUT2D eigenvalue weighted by atomic mass is 10.1. The van der Waals surface area contributed by atoms with Gasteiger partial charge in [-0.1, -0.05) is 48.5 Å². The molecule has 0 atom stereocenters. The Morgan fingerprint density at radius 3 is 2.11 bits per heavy atom. The predicted octanol–water partition coefficient (Wildman–Crippen LogP) is 3.04. The van der Waals surface area contributed by atoms with Crippen molar-refractivity contribution in [3.05, 3.63) is 66.2 Å². The number of benzene rings is 2. The first-order chi connectivity index (χ1) is 13.3. The van der Waals surface area contributed by atoms with Crippen LogP contribution < -0.4 is 4.90 Å². The molecular formula is C23H29N3O. The Balaban J connectivity index is 1.29. The molecule has 1 heterocycles. The van der Waals surface area contributed by atoms with Crippen LogP contribution in [0.15, 0.2) is 60.7 Å². The molecule has 2 aliphatic rings. The number of para-hydroxylation sites is 1. The van der Waals surface area contributed by atoms with E-state index in [1.807, 2.05) is 35.2 Å². The number of piperazine rings is 1. The molecule has 0 spiro atoms. The lowest BCUT2D eigenvalue weighted by Crippen LogP contribution is -2.55. The van der Waals surface area contributed by atoms with Gasteiger partial charge in [0.1, 0.15) is 0 Å². The van der Waals surface area contributed by atoms with E-state index < -0.39 is 0 Å². The van der Waals surface area contributed by atoms with E-state index >= 15 is 0 Å². The monoisotopic (exact) mass is 363 g/mol. The van der Waals surface area contributed by atoms with Crippen LogP contribution in [-0.2, 0) is 11.2 Å². The molecule has 1 aliphatic heterocycles. The van der Waals surface area contributed by atoms with E-state index in [1.165, 1.54) is 18.4 Å². The van der Waals surface area contributed by atoms with Gasteiger partial charge in [0.25, 0.3) is 0 Å². The highest BCUT2D eigenvalue weighted by atomic mass is 16.1. The number of amides is 1. The molecule has 0 unspecified atom stereocenters. The summed E-state index contributed by atoms with van der Waals surface area (Å²) in [5, 5.41) is 0. The van der Waals surface area contributed by atoms with Crippen LogP contribution in [0.5, 0.6) is 0 Å². The third-order valence-electron chi connectivity index (χ3n) is 6.11. The Kier molecular flexibility index (Phi) is 5.55. The van der Waals surface area contributed by atoms with Crippen molar-refractivity contribution < 1.29 is 4.79 Å². The van der Waals surface area contributed by atoms with Gasteiger partial charge in [-0.2, -0.15) is 0 Å². The largest absolute Gasteiger partial charge is 0.313 e. The quantitative estimate of drug-likeness (QED) is 0.675. The Morgan fingerprint density at radius 1 is 0.889 bits per heavy atom. The van der Waals surface area contributed by atoms with Gasteiger partial charge in [-0.3, -0.25) is 9.69 Å². The molecule has 4 nitrogen and oxygen atoms in total. The summed E-state index contributed by atoms with van der Waals surface area (Å²) in [5.41, 5.74) is 2.62. The second-order valence-electron chi connectivity index (χ2n) is 7.86. The molecular weight excluding hydrogens is 334 g/mol. The molecule has 2 aromatic carbocycles. The van der Waals surface area contributed by atoms with Gasteiger partial charge in [0.2, 0.25) is 6.41 Å². The maximum Gasteiger partial charge on any atom is 0.214 e. The number of anilines is 1. The topological polar surface area (TPSA) is 26.8 Å². The second-order valence-corrected chi connectivity index (χ2v) is 7.86. The zero-order valence-corrected chi connectivity index (χ0v) is 16.0. The van der Waals surface area contributed by atoms with E-state index in [0.29, 0.717) is 0 Å². The summed E-state index contributed by atoms with van der Waals surface area (Å²) in [6, 6.07) is 20.8. The average Bonchev–Trinajstić information content (AvgIpc) is 3.53. The van der Waals surface area contributed by atoms with Gasteiger partial charge in [0.15, 0.2) is 0 Å². The number of carbonyl (C=O) groups is 1. The Labute approximate surface area is 162 Å². The molecule has 1 saturated carbocycles. The fraction of sp³-hybridized carbons (Fsp3) is 0.435. The van der Waals surface area contributed by atoms with Gasteiger partial charge < -0.3 is 9.80 Å². The zero-order chi connectivity index (χ0) is 18.5. The van der Waals surface area contributed by atoms with Gasteiger partial charge in [-0.25, -0.2) is 0 Å². The molecule has 0 aromatic heterocycles. The lowest BCUT2D eigenvalue weighted by Gasteiger charge is -2.41. The normalized spacial score (nSPS) is 19.6. The maximum atomic E-state index is 11.7. The molecule has 1 amide bonds. The van der Waals surface area contributed by atoms with E-state index in [9.17, 15) is 4.79 Å². The average molecular weight is 364 g/mol. The van der Waals surface area contributed by atoms with Crippen molar-refractivity contribution in [2.24, 2.45) is 0 Å². The van der Waals surface area contributed by atoms with Crippen LogP contribution >= 0.6 is 0 Å². The van der Waals surface area contributed by atoms with Crippen LogP contribution in [0.4, 0.5) is 5.69 Å². The highest BCUT2D eigenvalue weighted by Crippen LogP contribution is 2.43. The highest BCUT2D eigenvalue weighted by molar-refractivity contribution is 5.75. The summed E-state index contributed by atoms with van der Waals surface area (Å²) in [4.78, 5) is 18.8. The Morgan fingerprint density at radius 2 is 1.52 bits per heavy atom. The molecule has 142 valence electrons. The Hall–Kier alpha value is -2.17. The van der Waals surface area contributed by atoms with E-state index in [1.54, 1.807) is 0 Å². The minimum Gasteiger partial charge on any atom is -0.313 e. The minimum atomic E-state index is 0.197. The number of hydrogen-bond acceptors (Lipinski definition) is 3. The number of hydrogen-bond donors (Lipinski definition) is 0. The van der Waals surface area contributed by atoms with Gasteiger partial charge in [-0.05, 0) is 37.0 Å². The number of nitrogens with zero attached hydrogens (tertiary/aromatic N) is 3. The summed E-state index contributed by atoms with van der Waals surface area (Å²) in [7, 11) is 0. The zero-order valence-electron chi connectivity index (χ0n) is 16.0. The summed E-state index contributed by atoms with van der Waals surface area (Å²) in [5.74, 6) is 0.